The molecule has 1 aliphatic rings. The third-order valence-corrected chi connectivity index (χ3v) is 6.86. The van der Waals surface area contributed by atoms with E-state index in [0.717, 1.165) is 30.6 Å². The smallest absolute Gasteiger partial charge is 0.408 e. The zero-order chi connectivity index (χ0) is 25.1. The third kappa shape index (κ3) is 5.16. The molecule has 0 radical (unpaired) electrons. The quantitative estimate of drug-likeness (QED) is 0.394. The maximum absolute atomic E-state index is 13.2. The molecular formula is C29H29N3O4. The van der Waals surface area contributed by atoms with Crippen LogP contribution in [-0.4, -0.2) is 59.2 Å². The minimum Gasteiger partial charge on any atom is -0.408 e. The maximum Gasteiger partial charge on any atom is 0.417 e. The van der Waals surface area contributed by atoms with Crippen molar-refractivity contribution in [3.05, 3.63) is 94.0 Å². The molecule has 0 saturated carbocycles. The number of carbonyl (C=O) groups excluding carboxylic acids is 2. The number of hydrogen-bond donors (Lipinski definition) is 1. The van der Waals surface area contributed by atoms with Crippen LogP contribution in [0.4, 0.5) is 0 Å². The van der Waals surface area contributed by atoms with E-state index in [4.69, 9.17) is 4.42 Å². The predicted octanol–water partition coefficient (Wildman–Crippen LogP) is 4.38. The highest BCUT2D eigenvalue weighted by molar-refractivity contribution is 5.98. The van der Waals surface area contributed by atoms with Gasteiger partial charge in [0.05, 0.1) is 5.52 Å². The van der Waals surface area contributed by atoms with Crippen LogP contribution in [0.2, 0.25) is 0 Å². The molecule has 7 heteroatoms. The van der Waals surface area contributed by atoms with Crippen molar-refractivity contribution in [1.82, 2.24) is 14.8 Å². The lowest BCUT2D eigenvalue weighted by Gasteiger charge is -2.34. The average molecular weight is 484 g/mol. The van der Waals surface area contributed by atoms with Gasteiger partial charge in [0.25, 0.3) is 5.91 Å². The number of nitrogens with zero attached hydrogens (tertiary/aromatic N) is 2. The number of aromatic nitrogens is 1. The first-order valence-corrected chi connectivity index (χ1v) is 12.4. The monoisotopic (exact) mass is 483 g/mol. The molecule has 0 unspecified atom stereocenters. The van der Waals surface area contributed by atoms with Crippen LogP contribution >= 0.6 is 0 Å². The average Bonchev–Trinajstić information content (AvgIpc) is 3.31. The van der Waals surface area contributed by atoms with Crippen molar-refractivity contribution in [2.24, 2.45) is 0 Å². The molecule has 1 fully saturated rings. The first kappa shape index (κ1) is 23.8. The van der Waals surface area contributed by atoms with Crippen molar-refractivity contribution in [3.63, 3.8) is 0 Å². The van der Waals surface area contributed by atoms with Crippen LogP contribution in [0.1, 0.15) is 39.6 Å². The van der Waals surface area contributed by atoms with Crippen LogP contribution in [-0.2, 0) is 6.42 Å². The molecule has 3 aromatic carbocycles. The molecule has 2 heterocycles. The number of Topliss-reactive ketones (excluding diaryl/α,β-unsaturated/α-hetero) is 1. The number of fused-ring (bicyclic) bond motifs is 1. The minimum absolute atomic E-state index is 0.00281. The van der Waals surface area contributed by atoms with Crippen molar-refractivity contribution < 1.29 is 14.0 Å². The number of aromatic amines is 1. The summed E-state index contributed by atoms with van der Waals surface area (Å²) < 4.78 is 5.05. The summed E-state index contributed by atoms with van der Waals surface area (Å²) in [6, 6.07) is 21.3. The van der Waals surface area contributed by atoms with Gasteiger partial charge in [-0.1, -0.05) is 43.3 Å². The van der Waals surface area contributed by atoms with Gasteiger partial charge in [-0.3, -0.25) is 19.5 Å². The Balaban J connectivity index is 1.15. The lowest BCUT2D eigenvalue weighted by atomic mass is 10.0. The van der Waals surface area contributed by atoms with Crippen LogP contribution < -0.4 is 5.76 Å². The number of H-pyrrole nitrogens is 1. The number of oxazole rings is 1. The van der Waals surface area contributed by atoms with Crippen LogP contribution in [0.25, 0.3) is 22.2 Å². The van der Waals surface area contributed by atoms with Gasteiger partial charge in [-0.15, -0.1) is 0 Å². The molecule has 1 saturated heterocycles. The van der Waals surface area contributed by atoms with E-state index in [9.17, 15) is 14.4 Å². The Morgan fingerprint density at radius 3 is 2.42 bits per heavy atom. The van der Waals surface area contributed by atoms with Crippen molar-refractivity contribution in [1.29, 1.82) is 0 Å². The summed E-state index contributed by atoms with van der Waals surface area (Å²) in [4.78, 5) is 43.8. The number of amides is 1. The SMILES string of the molecule is CCc1ccc(-c2cccc(C(=O)N3CCN(CCC(=O)c4ccc5[nH]c(=O)oc5c4)CC3)c2)cc1. The van der Waals surface area contributed by atoms with Gasteiger partial charge in [-0.25, -0.2) is 4.79 Å². The predicted molar refractivity (Wildman–Crippen MR) is 139 cm³/mol. The van der Waals surface area contributed by atoms with Crippen molar-refractivity contribution in [3.8, 4) is 11.1 Å². The van der Waals surface area contributed by atoms with E-state index in [0.29, 0.717) is 48.3 Å². The van der Waals surface area contributed by atoms with E-state index < -0.39 is 5.76 Å². The van der Waals surface area contributed by atoms with Crippen LogP contribution in [0, 0.1) is 0 Å². The zero-order valence-corrected chi connectivity index (χ0v) is 20.3. The fraction of sp³-hybridized carbons (Fsp3) is 0.276. The van der Waals surface area contributed by atoms with E-state index in [2.05, 4.69) is 41.1 Å². The van der Waals surface area contributed by atoms with E-state index in [1.165, 1.54) is 5.56 Å². The van der Waals surface area contributed by atoms with E-state index in [1.807, 2.05) is 29.2 Å². The molecule has 36 heavy (non-hydrogen) atoms. The summed E-state index contributed by atoms with van der Waals surface area (Å²) in [6.45, 7) is 5.47. The fourth-order valence-corrected chi connectivity index (χ4v) is 4.64. The summed E-state index contributed by atoms with van der Waals surface area (Å²) in [5.41, 5.74) is 5.63. The number of aryl methyl sites for hydroxylation is 1. The number of piperazine rings is 1. The highest BCUT2D eigenvalue weighted by atomic mass is 16.4. The lowest BCUT2D eigenvalue weighted by molar-refractivity contribution is 0.0628. The van der Waals surface area contributed by atoms with E-state index in [-0.39, 0.29) is 11.7 Å². The van der Waals surface area contributed by atoms with E-state index in [1.54, 1.807) is 18.2 Å². The molecule has 1 amide bonds. The molecular weight excluding hydrogens is 454 g/mol. The van der Waals surface area contributed by atoms with Crippen molar-refractivity contribution >= 4 is 22.8 Å². The van der Waals surface area contributed by atoms with Gasteiger partial charge in [0, 0.05) is 50.3 Å². The molecule has 5 rings (SSSR count). The molecule has 1 aliphatic heterocycles. The Kier molecular flexibility index (Phi) is 6.82. The Labute approximate surface area is 209 Å². The Morgan fingerprint density at radius 2 is 1.67 bits per heavy atom. The minimum atomic E-state index is -0.528. The van der Waals surface area contributed by atoms with Crippen LogP contribution in [0.3, 0.4) is 0 Å². The van der Waals surface area contributed by atoms with Gasteiger partial charge in [-0.05, 0) is 53.4 Å². The van der Waals surface area contributed by atoms with Gasteiger partial charge in [-0.2, -0.15) is 0 Å². The number of rotatable bonds is 7. The first-order chi connectivity index (χ1) is 17.5. The van der Waals surface area contributed by atoms with Crippen LogP contribution in [0.5, 0.6) is 0 Å². The summed E-state index contributed by atoms with van der Waals surface area (Å²) in [6.07, 6.45) is 1.37. The van der Waals surface area contributed by atoms with Gasteiger partial charge >= 0.3 is 5.76 Å². The molecule has 0 atom stereocenters. The second kappa shape index (κ2) is 10.3. The van der Waals surface area contributed by atoms with Crippen LogP contribution in [0.15, 0.2) is 75.9 Å². The molecule has 0 spiro atoms. The topological polar surface area (TPSA) is 86.6 Å². The number of benzene rings is 3. The zero-order valence-electron chi connectivity index (χ0n) is 20.3. The molecule has 0 aliphatic carbocycles. The number of carbonyl (C=O) groups is 2. The summed E-state index contributed by atoms with van der Waals surface area (Å²) in [7, 11) is 0. The Hall–Kier alpha value is -3.97. The molecule has 4 aromatic rings. The standard InChI is InChI=1S/C29H29N3O4/c1-2-20-6-8-21(9-7-20)22-4-3-5-24(18-22)28(34)32-16-14-31(15-17-32)13-12-26(33)23-10-11-25-27(19-23)36-29(35)30-25/h3-11,18-19H,2,12-17H2,1H3,(H,30,35). The third-order valence-electron chi connectivity index (χ3n) is 6.86. The molecule has 7 nitrogen and oxygen atoms in total. The second-order valence-corrected chi connectivity index (χ2v) is 9.16. The van der Waals surface area contributed by atoms with E-state index >= 15 is 0 Å². The number of hydrogen-bond acceptors (Lipinski definition) is 5. The van der Waals surface area contributed by atoms with Gasteiger partial charge < -0.3 is 9.32 Å². The lowest BCUT2D eigenvalue weighted by Crippen LogP contribution is -2.49. The van der Waals surface area contributed by atoms with Crippen molar-refractivity contribution in [2.75, 3.05) is 32.7 Å². The highest BCUT2D eigenvalue weighted by Gasteiger charge is 2.23. The Morgan fingerprint density at radius 1 is 0.889 bits per heavy atom. The molecule has 1 aromatic heterocycles. The summed E-state index contributed by atoms with van der Waals surface area (Å²) in [5, 5.41) is 0. The first-order valence-electron chi connectivity index (χ1n) is 12.4. The summed E-state index contributed by atoms with van der Waals surface area (Å²) >= 11 is 0. The van der Waals surface area contributed by atoms with Gasteiger partial charge in [0.15, 0.2) is 11.4 Å². The summed E-state index contributed by atoms with van der Waals surface area (Å²) in [5.74, 6) is -0.485. The Bertz CT molecular complexity index is 1440. The number of nitrogens with one attached hydrogen (secondary N) is 1. The van der Waals surface area contributed by atoms with Gasteiger partial charge in [0.1, 0.15) is 0 Å². The molecule has 184 valence electrons. The van der Waals surface area contributed by atoms with Gasteiger partial charge in [0.2, 0.25) is 0 Å². The highest BCUT2D eigenvalue weighted by Crippen LogP contribution is 2.22. The van der Waals surface area contributed by atoms with Crippen molar-refractivity contribution in [2.45, 2.75) is 19.8 Å². The largest absolute Gasteiger partial charge is 0.417 e. The molecule has 0 bridgehead atoms. The normalized spacial score (nSPS) is 14.3. The molecule has 1 N–H and O–H groups in total. The second-order valence-electron chi connectivity index (χ2n) is 9.16. The maximum atomic E-state index is 13.2. The number of ketones is 1. The fourth-order valence-electron chi connectivity index (χ4n) is 4.64.